The zero-order valence-electron chi connectivity index (χ0n) is 14.3. The van der Waals surface area contributed by atoms with Crippen LogP contribution < -0.4 is 10.1 Å². The Balaban J connectivity index is 2.00. The van der Waals surface area contributed by atoms with Gasteiger partial charge in [-0.25, -0.2) is 14.0 Å². The quantitative estimate of drug-likeness (QED) is 0.349. The van der Waals surface area contributed by atoms with E-state index in [9.17, 15) is 14.0 Å². The first-order valence-electron chi connectivity index (χ1n) is 7.67. The summed E-state index contributed by atoms with van der Waals surface area (Å²) >= 11 is 0. The molecular formula is C17H20FNO6. The molecule has 0 atom stereocenters. The van der Waals surface area contributed by atoms with Crippen LogP contribution in [-0.2, 0) is 23.8 Å². The zero-order valence-corrected chi connectivity index (χ0v) is 14.3. The molecule has 0 radical (unpaired) electrons. The number of rotatable bonds is 7. The van der Waals surface area contributed by atoms with Crippen LogP contribution in [0.1, 0.15) is 20.3 Å². The SMILES string of the molecule is COCCCOc1ccc(NC=C2C(=O)OC(C)(C)OC2=O)cc1F. The van der Waals surface area contributed by atoms with Gasteiger partial charge in [0.05, 0.1) is 6.61 Å². The lowest BCUT2D eigenvalue weighted by Gasteiger charge is -2.29. The van der Waals surface area contributed by atoms with Crippen LogP contribution in [0.3, 0.4) is 0 Å². The molecule has 0 aliphatic carbocycles. The highest BCUT2D eigenvalue weighted by Gasteiger charge is 2.38. The van der Waals surface area contributed by atoms with Crippen molar-refractivity contribution in [3.8, 4) is 5.75 Å². The number of hydrogen-bond acceptors (Lipinski definition) is 7. The lowest BCUT2D eigenvalue weighted by atomic mass is 10.2. The summed E-state index contributed by atoms with van der Waals surface area (Å²) in [6.45, 7) is 3.76. The van der Waals surface area contributed by atoms with Crippen molar-refractivity contribution in [2.45, 2.75) is 26.1 Å². The Kier molecular flexibility index (Phi) is 5.97. The number of carbonyl (C=O) groups is 2. The van der Waals surface area contributed by atoms with Crippen LogP contribution in [-0.4, -0.2) is 38.0 Å². The standard InChI is InChI=1S/C17H20FNO6/c1-17(2)24-15(20)12(16(21)25-17)10-19-11-5-6-14(13(18)9-11)23-8-4-7-22-3/h5-6,9-10,19H,4,7-8H2,1-3H3. The number of hydrogen-bond donors (Lipinski definition) is 1. The van der Waals surface area contributed by atoms with Crippen LogP contribution >= 0.6 is 0 Å². The first-order valence-corrected chi connectivity index (χ1v) is 7.67. The Morgan fingerprint density at radius 1 is 1.20 bits per heavy atom. The summed E-state index contributed by atoms with van der Waals surface area (Å²) in [5, 5.41) is 2.67. The summed E-state index contributed by atoms with van der Waals surface area (Å²) in [6.07, 6.45) is 1.76. The fraction of sp³-hybridized carbons (Fsp3) is 0.412. The number of ether oxygens (including phenoxy) is 4. The summed E-state index contributed by atoms with van der Waals surface area (Å²) in [7, 11) is 1.58. The lowest BCUT2D eigenvalue weighted by molar-refractivity contribution is -0.222. The third-order valence-corrected chi connectivity index (χ3v) is 3.18. The van der Waals surface area contributed by atoms with Crippen LogP contribution in [0.4, 0.5) is 10.1 Å². The smallest absolute Gasteiger partial charge is 0.350 e. The highest BCUT2D eigenvalue weighted by molar-refractivity contribution is 6.15. The molecule has 25 heavy (non-hydrogen) atoms. The van der Waals surface area contributed by atoms with Crippen molar-refractivity contribution in [2.75, 3.05) is 25.6 Å². The van der Waals surface area contributed by atoms with Gasteiger partial charge >= 0.3 is 11.9 Å². The van der Waals surface area contributed by atoms with Gasteiger partial charge in [-0.1, -0.05) is 0 Å². The summed E-state index contributed by atoms with van der Waals surface area (Å²) in [4.78, 5) is 23.6. The predicted molar refractivity (Wildman–Crippen MR) is 86.4 cm³/mol. The second-order valence-corrected chi connectivity index (χ2v) is 5.72. The van der Waals surface area contributed by atoms with E-state index in [0.29, 0.717) is 25.3 Å². The van der Waals surface area contributed by atoms with E-state index in [1.807, 2.05) is 0 Å². The molecule has 1 N–H and O–H groups in total. The highest BCUT2D eigenvalue weighted by atomic mass is 19.1. The molecule has 1 aliphatic rings. The van der Waals surface area contributed by atoms with Crippen LogP contribution in [0.25, 0.3) is 0 Å². The van der Waals surface area contributed by atoms with E-state index in [4.69, 9.17) is 18.9 Å². The number of carbonyl (C=O) groups excluding carboxylic acids is 2. The minimum Gasteiger partial charge on any atom is -0.490 e. The maximum absolute atomic E-state index is 14.0. The average molecular weight is 353 g/mol. The molecule has 1 fully saturated rings. The Morgan fingerprint density at radius 3 is 2.48 bits per heavy atom. The number of benzene rings is 1. The van der Waals surface area contributed by atoms with Gasteiger partial charge in [0.25, 0.3) is 5.79 Å². The van der Waals surface area contributed by atoms with Gasteiger partial charge in [0.1, 0.15) is 0 Å². The molecule has 1 aromatic carbocycles. The molecule has 1 aliphatic heterocycles. The molecule has 2 rings (SSSR count). The number of anilines is 1. The third kappa shape index (κ3) is 5.18. The van der Waals surface area contributed by atoms with Gasteiger partial charge in [-0.05, 0) is 12.1 Å². The van der Waals surface area contributed by atoms with Crippen molar-refractivity contribution in [2.24, 2.45) is 0 Å². The molecule has 0 spiro atoms. The summed E-state index contributed by atoms with van der Waals surface area (Å²) in [5.74, 6) is -3.40. The number of nitrogens with one attached hydrogen (secondary N) is 1. The van der Waals surface area contributed by atoms with Crippen molar-refractivity contribution < 1.29 is 32.9 Å². The molecule has 0 amide bonds. The second-order valence-electron chi connectivity index (χ2n) is 5.72. The van der Waals surface area contributed by atoms with Crippen molar-refractivity contribution in [3.05, 3.63) is 35.8 Å². The minimum atomic E-state index is -1.31. The molecule has 7 nitrogen and oxygen atoms in total. The molecule has 0 saturated carbocycles. The second kappa shape index (κ2) is 7.98. The van der Waals surface area contributed by atoms with Gasteiger partial charge in [0.2, 0.25) is 0 Å². The highest BCUT2D eigenvalue weighted by Crippen LogP contribution is 2.24. The summed E-state index contributed by atoms with van der Waals surface area (Å²) in [5.41, 5.74) is 0.0271. The normalized spacial score (nSPS) is 16.1. The monoisotopic (exact) mass is 353 g/mol. The predicted octanol–water partition coefficient (Wildman–Crippen LogP) is 2.37. The Labute approximate surface area is 144 Å². The van der Waals surface area contributed by atoms with E-state index in [0.717, 1.165) is 6.20 Å². The van der Waals surface area contributed by atoms with Crippen molar-refractivity contribution in [3.63, 3.8) is 0 Å². The van der Waals surface area contributed by atoms with Crippen molar-refractivity contribution in [1.82, 2.24) is 0 Å². The fourth-order valence-electron chi connectivity index (χ4n) is 2.03. The number of halogens is 1. The molecule has 8 heteroatoms. The molecule has 0 unspecified atom stereocenters. The van der Waals surface area contributed by atoms with Crippen molar-refractivity contribution >= 4 is 17.6 Å². The summed E-state index contributed by atoms with van der Waals surface area (Å²) < 4.78 is 34.1. The van der Waals surface area contributed by atoms with Crippen LogP contribution in [0, 0.1) is 5.82 Å². The molecule has 1 saturated heterocycles. The van der Waals surface area contributed by atoms with E-state index < -0.39 is 23.5 Å². The minimum absolute atomic E-state index is 0.104. The van der Waals surface area contributed by atoms with E-state index >= 15 is 0 Å². The first-order chi connectivity index (χ1) is 11.8. The van der Waals surface area contributed by atoms with E-state index in [2.05, 4.69) is 5.32 Å². The largest absolute Gasteiger partial charge is 0.490 e. The lowest BCUT2D eigenvalue weighted by Crippen LogP contribution is -2.42. The van der Waals surface area contributed by atoms with E-state index in [-0.39, 0.29) is 11.3 Å². The number of cyclic esters (lactones) is 2. The van der Waals surface area contributed by atoms with E-state index in [1.54, 1.807) is 13.2 Å². The Bertz CT molecular complexity index is 664. The van der Waals surface area contributed by atoms with Gasteiger partial charge < -0.3 is 24.3 Å². The van der Waals surface area contributed by atoms with Gasteiger partial charge in [-0.2, -0.15) is 0 Å². The molecular weight excluding hydrogens is 333 g/mol. The van der Waals surface area contributed by atoms with Crippen molar-refractivity contribution in [1.29, 1.82) is 0 Å². The third-order valence-electron chi connectivity index (χ3n) is 3.18. The van der Waals surface area contributed by atoms with Crippen LogP contribution in [0.2, 0.25) is 0 Å². The number of methoxy groups -OCH3 is 1. The first kappa shape index (κ1) is 18.7. The van der Waals surface area contributed by atoms with Gasteiger partial charge in [-0.3, -0.25) is 0 Å². The van der Waals surface area contributed by atoms with Gasteiger partial charge in [0.15, 0.2) is 17.1 Å². The molecule has 0 aromatic heterocycles. The Morgan fingerprint density at radius 2 is 1.88 bits per heavy atom. The topological polar surface area (TPSA) is 83.1 Å². The molecule has 0 bridgehead atoms. The number of esters is 2. The van der Waals surface area contributed by atoms with E-state index in [1.165, 1.54) is 26.0 Å². The maximum Gasteiger partial charge on any atom is 0.350 e. The fourth-order valence-corrected chi connectivity index (χ4v) is 2.03. The van der Waals surface area contributed by atoms with Crippen LogP contribution in [0.5, 0.6) is 5.75 Å². The maximum atomic E-state index is 14.0. The molecule has 136 valence electrons. The van der Waals surface area contributed by atoms with Gasteiger partial charge in [0, 0.05) is 51.9 Å². The Hall–Kier alpha value is -2.61. The van der Waals surface area contributed by atoms with Gasteiger partial charge in [-0.15, -0.1) is 0 Å². The average Bonchev–Trinajstić information content (AvgIpc) is 2.51. The van der Waals surface area contributed by atoms with Crippen LogP contribution in [0.15, 0.2) is 30.0 Å². The summed E-state index contributed by atoms with van der Waals surface area (Å²) in [6, 6.07) is 4.19. The zero-order chi connectivity index (χ0) is 18.4. The molecule has 1 aromatic rings. The molecule has 1 heterocycles.